The number of hydrogen-bond donors (Lipinski definition) is 1. The second kappa shape index (κ2) is 6.79. The molecule has 3 aromatic rings. The molecule has 0 aliphatic carbocycles. The highest BCUT2D eigenvalue weighted by Gasteiger charge is 2.20. The van der Waals surface area contributed by atoms with Gasteiger partial charge in [0.15, 0.2) is 6.61 Å². The van der Waals surface area contributed by atoms with Gasteiger partial charge in [-0.25, -0.2) is 4.79 Å². The molecule has 0 atom stereocenters. The average Bonchev–Trinajstić information content (AvgIpc) is 3.20. The van der Waals surface area contributed by atoms with Gasteiger partial charge in [0.1, 0.15) is 10.6 Å². The van der Waals surface area contributed by atoms with Gasteiger partial charge in [-0.05, 0) is 37.5 Å². The van der Waals surface area contributed by atoms with Crippen LogP contribution in [0.15, 0.2) is 28.8 Å². The Morgan fingerprint density at radius 2 is 2.04 bits per heavy atom. The highest BCUT2D eigenvalue weighted by molar-refractivity contribution is 7.10. The average molecular weight is 344 g/mol. The van der Waals surface area contributed by atoms with Gasteiger partial charge in [0.25, 0.3) is 5.89 Å². The quantitative estimate of drug-likeness (QED) is 0.711. The van der Waals surface area contributed by atoms with Crippen molar-refractivity contribution in [1.82, 2.24) is 14.5 Å². The van der Waals surface area contributed by atoms with Crippen LogP contribution in [0.2, 0.25) is 0 Å². The molecule has 0 spiro atoms. The van der Waals surface area contributed by atoms with E-state index in [1.165, 1.54) is 11.5 Å². The molecule has 0 unspecified atom stereocenters. The Kier molecular flexibility index (Phi) is 4.57. The molecule has 0 bridgehead atoms. The molecule has 1 aromatic carbocycles. The van der Waals surface area contributed by atoms with Crippen molar-refractivity contribution in [1.29, 1.82) is 0 Å². The number of anilines is 1. The Bertz CT molecular complexity index is 855. The Morgan fingerprint density at radius 1 is 1.29 bits per heavy atom. The zero-order valence-electron chi connectivity index (χ0n) is 13.5. The fraction of sp³-hybridized carbons (Fsp3) is 0.250. The summed E-state index contributed by atoms with van der Waals surface area (Å²) in [6.45, 7) is 3.70. The number of rotatable bonds is 5. The monoisotopic (exact) mass is 344 g/mol. The molecule has 0 fully saturated rings. The van der Waals surface area contributed by atoms with Gasteiger partial charge in [-0.15, -0.1) is 0 Å². The molecule has 0 aliphatic rings. The van der Waals surface area contributed by atoms with Crippen LogP contribution in [0.25, 0.3) is 11.5 Å². The summed E-state index contributed by atoms with van der Waals surface area (Å²) in [5.41, 5.74) is 3.03. The highest BCUT2D eigenvalue weighted by Crippen LogP contribution is 2.25. The van der Waals surface area contributed by atoms with Crippen molar-refractivity contribution in [2.75, 3.05) is 12.4 Å². The van der Waals surface area contributed by atoms with Crippen molar-refractivity contribution < 1.29 is 14.1 Å². The smallest absolute Gasteiger partial charge is 0.343 e. The normalized spacial score (nSPS) is 10.6. The topological polar surface area (TPSA) is 90.1 Å². The number of nitrogens with zero attached hydrogens (tertiary/aromatic N) is 3. The van der Waals surface area contributed by atoms with Gasteiger partial charge in [0.2, 0.25) is 5.82 Å². The van der Waals surface area contributed by atoms with Crippen LogP contribution in [0, 0.1) is 13.8 Å². The molecule has 1 N–H and O–H groups in total. The number of ether oxygens (including phenoxy) is 1. The molecule has 24 heavy (non-hydrogen) atoms. The second-order valence-corrected chi connectivity index (χ2v) is 5.95. The molecule has 0 aliphatic heterocycles. The van der Waals surface area contributed by atoms with E-state index >= 15 is 0 Å². The number of nitrogens with one attached hydrogen (secondary N) is 1. The first kappa shape index (κ1) is 16.1. The Hall–Kier alpha value is -2.74. The summed E-state index contributed by atoms with van der Waals surface area (Å²) in [5, 5.41) is 7.44. The standard InChI is InChI=1S/C16H16N4O3S/c1-9-4-6-11(7-5-9)14-18-12(19-23-14)8-22-16(21)13-10(2)20-24-15(13)17-3/h4-7,17H,8H2,1-3H3. The van der Waals surface area contributed by atoms with Crippen molar-refractivity contribution >= 4 is 22.5 Å². The number of aromatic nitrogens is 3. The molecule has 8 heteroatoms. The summed E-state index contributed by atoms with van der Waals surface area (Å²) >= 11 is 1.22. The van der Waals surface area contributed by atoms with E-state index in [9.17, 15) is 4.79 Å². The van der Waals surface area contributed by atoms with Crippen LogP contribution in [-0.2, 0) is 11.3 Å². The molecule has 2 aromatic heterocycles. The highest BCUT2D eigenvalue weighted by atomic mass is 32.1. The summed E-state index contributed by atoms with van der Waals surface area (Å²) in [6.07, 6.45) is 0. The summed E-state index contributed by atoms with van der Waals surface area (Å²) in [6, 6.07) is 7.73. The number of benzene rings is 1. The third-order valence-corrected chi connectivity index (χ3v) is 4.35. The molecule has 2 heterocycles. The van der Waals surface area contributed by atoms with E-state index in [0.717, 1.165) is 11.1 Å². The molecule has 7 nitrogen and oxygen atoms in total. The van der Waals surface area contributed by atoms with Gasteiger partial charge in [-0.2, -0.15) is 9.36 Å². The molecule has 124 valence electrons. The van der Waals surface area contributed by atoms with Crippen LogP contribution < -0.4 is 5.32 Å². The minimum Gasteiger partial charge on any atom is -0.454 e. The zero-order chi connectivity index (χ0) is 17.1. The molecule has 3 rings (SSSR count). The first-order chi connectivity index (χ1) is 11.6. The molecule has 0 saturated carbocycles. The number of aryl methyl sites for hydroxylation is 2. The number of esters is 1. The van der Waals surface area contributed by atoms with Gasteiger partial charge < -0.3 is 14.6 Å². The lowest BCUT2D eigenvalue weighted by atomic mass is 10.1. The predicted octanol–water partition coefficient (Wildman–Crippen LogP) is 3.21. The maximum absolute atomic E-state index is 12.2. The van der Waals surface area contributed by atoms with Gasteiger partial charge in [-0.3, -0.25) is 0 Å². The lowest BCUT2D eigenvalue weighted by molar-refractivity contribution is 0.0460. The SMILES string of the molecule is CNc1snc(C)c1C(=O)OCc1noc(-c2ccc(C)cc2)n1. The summed E-state index contributed by atoms with van der Waals surface area (Å²) in [7, 11) is 1.73. The third kappa shape index (κ3) is 3.28. The largest absolute Gasteiger partial charge is 0.454 e. The van der Waals surface area contributed by atoms with E-state index in [-0.39, 0.29) is 6.61 Å². The molecule has 0 saturated heterocycles. The third-order valence-electron chi connectivity index (χ3n) is 3.39. The Labute approximate surface area is 142 Å². The Morgan fingerprint density at radius 3 is 2.75 bits per heavy atom. The minimum atomic E-state index is -0.465. The van der Waals surface area contributed by atoms with Gasteiger partial charge in [0, 0.05) is 12.6 Å². The predicted molar refractivity (Wildman–Crippen MR) is 90.0 cm³/mol. The van der Waals surface area contributed by atoms with Crippen LogP contribution in [0.3, 0.4) is 0 Å². The molecular formula is C16H16N4O3S. The second-order valence-electron chi connectivity index (χ2n) is 5.18. The van der Waals surface area contributed by atoms with E-state index in [1.807, 2.05) is 31.2 Å². The number of carbonyl (C=O) groups is 1. The fourth-order valence-electron chi connectivity index (χ4n) is 2.11. The van der Waals surface area contributed by atoms with Gasteiger partial charge >= 0.3 is 5.97 Å². The van der Waals surface area contributed by atoms with E-state index in [0.29, 0.717) is 28.0 Å². The van der Waals surface area contributed by atoms with E-state index in [2.05, 4.69) is 19.8 Å². The maximum atomic E-state index is 12.2. The zero-order valence-corrected chi connectivity index (χ0v) is 14.3. The fourth-order valence-corrected chi connectivity index (χ4v) is 2.84. The van der Waals surface area contributed by atoms with Crippen molar-refractivity contribution in [3.63, 3.8) is 0 Å². The van der Waals surface area contributed by atoms with Crippen LogP contribution >= 0.6 is 11.5 Å². The summed E-state index contributed by atoms with van der Waals surface area (Å²) in [4.78, 5) is 16.5. The molecule has 0 radical (unpaired) electrons. The summed E-state index contributed by atoms with van der Waals surface area (Å²) < 4.78 is 14.6. The van der Waals surface area contributed by atoms with E-state index in [4.69, 9.17) is 9.26 Å². The van der Waals surface area contributed by atoms with Crippen LogP contribution in [0.5, 0.6) is 0 Å². The van der Waals surface area contributed by atoms with Crippen LogP contribution in [-0.4, -0.2) is 27.5 Å². The van der Waals surface area contributed by atoms with Crippen molar-refractivity contribution in [3.05, 3.63) is 46.9 Å². The minimum absolute atomic E-state index is 0.0629. The van der Waals surface area contributed by atoms with Gasteiger partial charge in [-0.1, -0.05) is 22.9 Å². The lowest BCUT2D eigenvalue weighted by Gasteiger charge is -2.03. The Balaban J connectivity index is 1.68. The first-order valence-corrected chi connectivity index (χ1v) is 8.06. The van der Waals surface area contributed by atoms with Crippen molar-refractivity contribution in [3.8, 4) is 11.5 Å². The molecular weight excluding hydrogens is 328 g/mol. The van der Waals surface area contributed by atoms with Gasteiger partial charge in [0.05, 0.1) is 5.69 Å². The summed E-state index contributed by atoms with van der Waals surface area (Å²) in [5.74, 6) is 0.239. The lowest BCUT2D eigenvalue weighted by Crippen LogP contribution is -2.08. The van der Waals surface area contributed by atoms with Crippen molar-refractivity contribution in [2.45, 2.75) is 20.5 Å². The first-order valence-electron chi connectivity index (χ1n) is 7.29. The van der Waals surface area contributed by atoms with E-state index < -0.39 is 5.97 Å². The maximum Gasteiger partial charge on any atom is 0.343 e. The number of hydrogen-bond acceptors (Lipinski definition) is 8. The van der Waals surface area contributed by atoms with Crippen LogP contribution in [0.4, 0.5) is 5.00 Å². The molecule has 0 amide bonds. The van der Waals surface area contributed by atoms with E-state index in [1.54, 1.807) is 14.0 Å². The van der Waals surface area contributed by atoms with Crippen LogP contribution in [0.1, 0.15) is 27.4 Å². The number of carbonyl (C=O) groups excluding carboxylic acids is 1. The van der Waals surface area contributed by atoms with Crippen molar-refractivity contribution in [2.24, 2.45) is 0 Å².